The molecule has 26 heavy (non-hydrogen) atoms. The van der Waals surface area contributed by atoms with Gasteiger partial charge in [-0.1, -0.05) is 6.42 Å². The summed E-state index contributed by atoms with van der Waals surface area (Å²) in [5.41, 5.74) is 1.92. The standard InChI is InChI=1S/C19H28N4O3/c1-20-19(25)16-3-2-4-17(16)21-13-18(24)22-14-5-7-15(8-6-14)23-9-11-26-12-10-23/h5-8,16-17,21H,2-4,9-13H2,1H3,(H,20,25)(H,22,24)/t16-,17-/m1/s1. The van der Waals surface area contributed by atoms with Crippen molar-refractivity contribution in [2.45, 2.75) is 25.3 Å². The van der Waals surface area contributed by atoms with Crippen LogP contribution in [0, 0.1) is 5.92 Å². The average molecular weight is 360 g/mol. The lowest BCUT2D eigenvalue weighted by Crippen LogP contribution is -2.43. The zero-order chi connectivity index (χ0) is 18.4. The van der Waals surface area contributed by atoms with Crippen molar-refractivity contribution >= 4 is 23.2 Å². The molecule has 3 rings (SSSR count). The fourth-order valence-corrected chi connectivity index (χ4v) is 3.71. The average Bonchev–Trinajstić information content (AvgIpc) is 3.16. The molecule has 0 bridgehead atoms. The van der Waals surface area contributed by atoms with E-state index in [1.54, 1.807) is 7.05 Å². The van der Waals surface area contributed by atoms with Crippen molar-refractivity contribution in [3.05, 3.63) is 24.3 Å². The summed E-state index contributed by atoms with van der Waals surface area (Å²) in [5, 5.41) is 8.85. The topological polar surface area (TPSA) is 82.7 Å². The van der Waals surface area contributed by atoms with Crippen LogP contribution in [0.4, 0.5) is 11.4 Å². The van der Waals surface area contributed by atoms with Crippen molar-refractivity contribution in [2.75, 3.05) is 50.1 Å². The Kier molecular flexibility index (Phi) is 6.46. The molecule has 142 valence electrons. The van der Waals surface area contributed by atoms with Gasteiger partial charge in [-0.05, 0) is 37.1 Å². The van der Waals surface area contributed by atoms with Crippen LogP contribution in [-0.2, 0) is 14.3 Å². The predicted molar refractivity (Wildman–Crippen MR) is 101 cm³/mol. The first-order chi connectivity index (χ1) is 12.7. The van der Waals surface area contributed by atoms with E-state index < -0.39 is 0 Å². The lowest BCUT2D eigenvalue weighted by molar-refractivity contribution is -0.125. The molecule has 1 aliphatic carbocycles. The van der Waals surface area contributed by atoms with Gasteiger partial charge in [0.05, 0.1) is 25.7 Å². The fourth-order valence-electron chi connectivity index (χ4n) is 3.71. The highest BCUT2D eigenvalue weighted by molar-refractivity contribution is 5.92. The highest BCUT2D eigenvalue weighted by atomic mass is 16.5. The molecule has 2 amide bonds. The molecule has 1 aliphatic heterocycles. The number of ether oxygens (including phenoxy) is 1. The van der Waals surface area contributed by atoms with Gasteiger partial charge < -0.3 is 25.6 Å². The van der Waals surface area contributed by atoms with Gasteiger partial charge in [-0.25, -0.2) is 0 Å². The SMILES string of the molecule is CNC(=O)[C@@H]1CCC[C@H]1NCC(=O)Nc1ccc(N2CCOCC2)cc1. The molecule has 1 saturated heterocycles. The zero-order valence-corrected chi connectivity index (χ0v) is 15.3. The quantitative estimate of drug-likeness (QED) is 0.704. The Morgan fingerprint density at radius 2 is 1.88 bits per heavy atom. The molecular weight excluding hydrogens is 332 g/mol. The van der Waals surface area contributed by atoms with Gasteiger partial charge >= 0.3 is 0 Å². The van der Waals surface area contributed by atoms with Crippen molar-refractivity contribution < 1.29 is 14.3 Å². The van der Waals surface area contributed by atoms with Crippen molar-refractivity contribution in [1.82, 2.24) is 10.6 Å². The van der Waals surface area contributed by atoms with Gasteiger partial charge in [-0.3, -0.25) is 9.59 Å². The monoisotopic (exact) mass is 360 g/mol. The molecule has 0 aromatic heterocycles. The lowest BCUT2D eigenvalue weighted by Gasteiger charge is -2.28. The molecule has 0 radical (unpaired) electrons. The minimum atomic E-state index is -0.0910. The van der Waals surface area contributed by atoms with Crippen molar-refractivity contribution in [2.24, 2.45) is 5.92 Å². The Labute approximate surface area is 154 Å². The number of carbonyl (C=O) groups is 2. The molecule has 1 aromatic rings. The van der Waals surface area contributed by atoms with Crippen molar-refractivity contribution in [3.8, 4) is 0 Å². The number of nitrogens with zero attached hydrogens (tertiary/aromatic N) is 1. The maximum atomic E-state index is 12.2. The van der Waals surface area contributed by atoms with Crippen LogP contribution in [0.15, 0.2) is 24.3 Å². The number of hydrogen-bond acceptors (Lipinski definition) is 5. The molecule has 1 heterocycles. The number of benzene rings is 1. The summed E-state index contributed by atoms with van der Waals surface area (Å²) in [7, 11) is 1.66. The van der Waals surface area contributed by atoms with E-state index in [1.165, 1.54) is 0 Å². The number of rotatable bonds is 6. The van der Waals surface area contributed by atoms with E-state index in [1.807, 2.05) is 24.3 Å². The van der Waals surface area contributed by atoms with Crippen molar-refractivity contribution in [3.63, 3.8) is 0 Å². The molecule has 7 heteroatoms. The molecule has 2 fully saturated rings. The predicted octanol–water partition coefficient (Wildman–Crippen LogP) is 0.966. The number of morpholine rings is 1. The molecule has 0 spiro atoms. The van der Waals surface area contributed by atoms with Gasteiger partial charge in [0.25, 0.3) is 0 Å². The smallest absolute Gasteiger partial charge is 0.238 e. The Morgan fingerprint density at radius 1 is 1.15 bits per heavy atom. The number of hydrogen-bond donors (Lipinski definition) is 3. The number of amides is 2. The molecular formula is C19H28N4O3. The highest BCUT2D eigenvalue weighted by Crippen LogP contribution is 2.25. The van der Waals surface area contributed by atoms with Crippen LogP contribution in [0.5, 0.6) is 0 Å². The minimum Gasteiger partial charge on any atom is -0.378 e. The summed E-state index contributed by atoms with van der Waals surface area (Å²) in [6.07, 6.45) is 2.82. The molecule has 1 saturated carbocycles. The van der Waals surface area contributed by atoms with Crippen LogP contribution >= 0.6 is 0 Å². The third kappa shape index (κ3) is 4.74. The van der Waals surface area contributed by atoms with E-state index in [4.69, 9.17) is 4.74 Å². The van der Waals surface area contributed by atoms with Crippen LogP contribution < -0.4 is 20.9 Å². The summed E-state index contributed by atoms with van der Waals surface area (Å²) in [6, 6.07) is 7.96. The summed E-state index contributed by atoms with van der Waals surface area (Å²) in [6.45, 7) is 3.50. The Hall–Kier alpha value is -2.12. The summed E-state index contributed by atoms with van der Waals surface area (Å²) in [5.74, 6) is -0.0774. The third-order valence-corrected chi connectivity index (χ3v) is 5.15. The second kappa shape index (κ2) is 9.00. The molecule has 3 N–H and O–H groups in total. The van der Waals surface area contributed by atoms with E-state index in [9.17, 15) is 9.59 Å². The van der Waals surface area contributed by atoms with Gasteiger partial charge in [-0.15, -0.1) is 0 Å². The fraction of sp³-hybridized carbons (Fsp3) is 0.579. The van der Waals surface area contributed by atoms with Crippen LogP contribution in [0.25, 0.3) is 0 Å². The van der Waals surface area contributed by atoms with Gasteiger partial charge in [0, 0.05) is 37.6 Å². The van der Waals surface area contributed by atoms with Crippen LogP contribution in [0.3, 0.4) is 0 Å². The molecule has 2 atom stereocenters. The second-order valence-electron chi connectivity index (χ2n) is 6.83. The van der Waals surface area contributed by atoms with Gasteiger partial charge in [0.2, 0.25) is 11.8 Å². The van der Waals surface area contributed by atoms with Gasteiger partial charge in [-0.2, -0.15) is 0 Å². The Bertz CT molecular complexity index is 614. The summed E-state index contributed by atoms with van der Waals surface area (Å²) >= 11 is 0. The first-order valence-electron chi connectivity index (χ1n) is 9.35. The van der Waals surface area contributed by atoms with Crippen LogP contribution in [0.1, 0.15) is 19.3 Å². The molecule has 1 aromatic carbocycles. The maximum absolute atomic E-state index is 12.2. The number of anilines is 2. The molecule has 2 aliphatic rings. The van der Waals surface area contributed by atoms with Crippen molar-refractivity contribution in [1.29, 1.82) is 0 Å². The largest absolute Gasteiger partial charge is 0.378 e. The van der Waals surface area contributed by atoms with E-state index in [-0.39, 0.29) is 30.3 Å². The Morgan fingerprint density at radius 3 is 2.58 bits per heavy atom. The minimum absolute atomic E-state index is 0.0411. The first-order valence-corrected chi connectivity index (χ1v) is 9.35. The third-order valence-electron chi connectivity index (χ3n) is 5.15. The van der Waals surface area contributed by atoms with E-state index in [0.29, 0.717) is 0 Å². The van der Waals surface area contributed by atoms with Gasteiger partial charge in [0.1, 0.15) is 0 Å². The number of carbonyl (C=O) groups excluding carboxylic acids is 2. The first kappa shape index (κ1) is 18.7. The van der Waals surface area contributed by atoms with Crippen LogP contribution in [0.2, 0.25) is 0 Å². The summed E-state index contributed by atoms with van der Waals surface area (Å²) < 4.78 is 5.37. The normalized spacial score (nSPS) is 22.9. The molecule has 7 nitrogen and oxygen atoms in total. The van der Waals surface area contributed by atoms with Gasteiger partial charge in [0.15, 0.2) is 0 Å². The summed E-state index contributed by atoms with van der Waals surface area (Å²) in [4.78, 5) is 26.3. The highest BCUT2D eigenvalue weighted by Gasteiger charge is 2.32. The Balaban J connectivity index is 1.46. The lowest BCUT2D eigenvalue weighted by atomic mass is 10.0. The van der Waals surface area contributed by atoms with Crippen LogP contribution in [-0.4, -0.2) is 57.8 Å². The second-order valence-corrected chi connectivity index (χ2v) is 6.83. The number of nitrogens with one attached hydrogen (secondary N) is 3. The van der Waals surface area contributed by atoms with E-state index in [0.717, 1.165) is 56.9 Å². The van der Waals surface area contributed by atoms with E-state index >= 15 is 0 Å². The van der Waals surface area contributed by atoms with E-state index in [2.05, 4.69) is 20.9 Å². The maximum Gasteiger partial charge on any atom is 0.238 e. The zero-order valence-electron chi connectivity index (χ0n) is 15.3. The molecule has 0 unspecified atom stereocenters.